The highest BCUT2D eigenvalue weighted by atomic mass is 79.9. The molecule has 0 aliphatic carbocycles. The molecule has 0 atom stereocenters. The highest BCUT2D eigenvalue weighted by Gasteiger charge is 2.12. The largest absolute Gasteiger partial charge is 0.290 e. The first-order valence-corrected chi connectivity index (χ1v) is 7.39. The minimum atomic E-state index is -0.358. The van der Waals surface area contributed by atoms with Crippen LogP contribution in [0.2, 0.25) is 5.02 Å². The molecule has 1 aromatic heterocycles. The van der Waals surface area contributed by atoms with Crippen LogP contribution in [-0.4, -0.2) is 10.8 Å². The Hall–Kier alpha value is -2.11. The van der Waals surface area contributed by atoms with Gasteiger partial charge in [0.1, 0.15) is 5.82 Å². The van der Waals surface area contributed by atoms with Crippen molar-refractivity contribution in [2.24, 2.45) is 0 Å². The topological polar surface area (TPSA) is 33.8 Å². The fraction of sp³-hybridized carbons (Fsp3) is 0.0556. The third-order valence-corrected chi connectivity index (χ3v) is 3.65. The minimum absolute atomic E-state index is 0. The Balaban J connectivity index is 0.00000208. The van der Waals surface area contributed by atoms with Crippen molar-refractivity contribution in [3.8, 4) is 11.3 Å². The Bertz CT molecular complexity index is 821. The molecular formula is C18H14BrClFN2O+. The summed E-state index contributed by atoms with van der Waals surface area (Å²) < 4.78 is 14.6. The van der Waals surface area contributed by atoms with Gasteiger partial charge >= 0.3 is 0 Å². The van der Waals surface area contributed by atoms with Crippen LogP contribution in [0.1, 0.15) is 10.4 Å². The Kier molecular flexibility index (Phi) is 6.17. The lowest BCUT2D eigenvalue weighted by molar-refractivity contribution is -0.686. The van der Waals surface area contributed by atoms with Gasteiger partial charge in [-0.1, -0.05) is 11.6 Å². The number of halogens is 3. The molecule has 3 rings (SSSR count). The van der Waals surface area contributed by atoms with Crippen molar-refractivity contribution in [1.29, 1.82) is 0 Å². The summed E-state index contributed by atoms with van der Waals surface area (Å²) in [6, 6.07) is 14.7. The molecule has 0 spiro atoms. The standard InChI is InChI=1S/C18H13ClFN2O.BrH/c19-15-5-1-13(2-6-15)17-9-10-22(12-21-17)11-18(23)14-3-7-16(20)8-4-14;/h1-10,12H,11H2;1H/q+1;. The minimum Gasteiger partial charge on any atom is -0.290 e. The third-order valence-electron chi connectivity index (χ3n) is 3.40. The lowest BCUT2D eigenvalue weighted by Gasteiger charge is -2.01. The van der Waals surface area contributed by atoms with Gasteiger partial charge in [0, 0.05) is 22.2 Å². The van der Waals surface area contributed by atoms with Crippen LogP contribution in [0.3, 0.4) is 0 Å². The Morgan fingerprint density at radius 3 is 2.29 bits per heavy atom. The van der Waals surface area contributed by atoms with E-state index in [9.17, 15) is 9.18 Å². The summed E-state index contributed by atoms with van der Waals surface area (Å²) in [6.45, 7) is 0.152. The van der Waals surface area contributed by atoms with Crippen LogP contribution in [-0.2, 0) is 6.54 Å². The number of benzene rings is 2. The van der Waals surface area contributed by atoms with E-state index < -0.39 is 0 Å². The van der Waals surface area contributed by atoms with Crippen LogP contribution in [0.4, 0.5) is 4.39 Å². The molecule has 1 heterocycles. The first-order chi connectivity index (χ1) is 11.1. The molecule has 122 valence electrons. The number of aromatic nitrogens is 2. The lowest BCUT2D eigenvalue weighted by Crippen LogP contribution is -2.37. The Morgan fingerprint density at radius 2 is 1.71 bits per heavy atom. The predicted molar refractivity (Wildman–Crippen MR) is 95.9 cm³/mol. The monoisotopic (exact) mass is 407 g/mol. The van der Waals surface area contributed by atoms with Crippen LogP contribution in [0.5, 0.6) is 0 Å². The van der Waals surface area contributed by atoms with Crippen molar-refractivity contribution >= 4 is 34.4 Å². The molecule has 0 N–H and O–H groups in total. The van der Waals surface area contributed by atoms with Gasteiger partial charge < -0.3 is 0 Å². The SMILES string of the molecule is Br.O=C(C[n+]1ccc(-c2ccc(Cl)cc2)nc1)c1ccc(F)cc1. The fourth-order valence-corrected chi connectivity index (χ4v) is 2.29. The molecule has 0 unspecified atom stereocenters. The second-order valence-electron chi connectivity index (χ2n) is 5.05. The number of carbonyl (C=O) groups is 1. The van der Waals surface area contributed by atoms with Gasteiger partial charge in [-0.25, -0.2) is 8.96 Å². The molecule has 24 heavy (non-hydrogen) atoms. The van der Waals surface area contributed by atoms with Gasteiger partial charge in [-0.05, 0) is 53.5 Å². The summed E-state index contributed by atoms with van der Waals surface area (Å²) >= 11 is 5.86. The van der Waals surface area contributed by atoms with E-state index in [0.29, 0.717) is 10.6 Å². The zero-order valence-corrected chi connectivity index (χ0v) is 15.0. The average Bonchev–Trinajstić information content (AvgIpc) is 2.57. The van der Waals surface area contributed by atoms with Crippen LogP contribution in [0.25, 0.3) is 11.3 Å². The van der Waals surface area contributed by atoms with Gasteiger partial charge in [0.25, 0.3) is 6.33 Å². The highest BCUT2D eigenvalue weighted by Crippen LogP contribution is 2.18. The van der Waals surface area contributed by atoms with Gasteiger partial charge in [0.05, 0.1) is 6.20 Å². The molecule has 0 saturated heterocycles. The molecule has 0 bridgehead atoms. The second kappa shape index (κ2) is 8.13. The third kappa shape index (κ3) is 4.46. The lowest BCUT2D eigenvalue weighted by atomic mass is 10.1. The molecule has 0 aliphatic rings. The average molecular weight is 409 g/mol. The predicted octanol–water partition coefficient (Wildman–Crippen LogP) is 4.29. The van der Waals surface area contributed by atoms with Crippen molar-refractivity contribution in [3.05, 3.63) is 83.5 Å². The van der Waals surface area contributed by atoms with Gasteiger partial charge in [0.15, 0.2) is 12.2 Å². The number of hydrogen-bond acceptors (Lipinski definition) is 2. The Labute approximate surface area is 154 Å². The number of hydrogen-bond donors (Lipinski definition) is 0. The van der Waals surface area contributed by atoms with E-state index in [-0.39, 0.29) is 35.1 Å². The fourth-order valence-electron chi connectivity index (χ4n) is 2.16. The summed E-state index contributed by atoms with van der Waals surface area (Å²) in [5.41, 5.74) is 2.22. The molecule has 3 nitrogen and oxygen atoms in total. The molecule has 0 amide bonds. The van der Waals surface area contributed by atoms with Crippen molar-refractivity contribution in [1.82, 2.24) is 4.98 Å². The maximum absolute atomic E-state index is 12.9. The summed E-state index contributed by atoms with van der Waals surface area (Å²) in [7, 11) is 0. The summed E-state index contributed by atoms with van der Waals surface area (Å²) in [4.78, 5) is 16.5. The maximum atomic E-state index is 12.9. The highest BCUT2D eigenvalue weighted by molar-refractivity contribution is 8.93. The quantitative estimate of drug-likeness (QED) is 0.477. The van der Waals surface area contributed by atoms with Gasteiger partial charge in [-0.3, -0.25) is 4.79 Å². The van der Waals surface area contributed by atoms with Crippen molar-refractivity contribution in [2.45, 2.75) is 6.54 Å². The molecule has 0 aliphatic heterocycles. The van der Waals surface area contributed by atoms with Gasteiger partial charge in [0.2, 0.25) is 5.78 Å². The van der Waals surface area contributed by atoms with Gasteiger partial charge in [-0.2, -0.15) is 0 Å². The molecule has 3 aromatic rings. The normalized spacial score (nSPS) is 10.1. The van der Waals surface area contributed by atoms with Crippen molar-refractivity contribution in [3.63, 3.8) is 0 Å². The first-order valence-electron chi connectivity index (χ1n) is 7.01. The van der Waals surface area contributed by atoms with E-state index in [1.807, 2.05) is 18.2 Å². The zero-order chi connectivity index (χ0) is 16.2. The number of rotatable bonds is 4. The van der Waals surface area contributed by atoms with E-state index in [1.54, 1.807) is 29.2 Å². The molecule has 0 radical (unpaired) electrons. The zero-order valence-electron chi connectivity index (χ0n) is 12.5. The summed E-state index contributed by atoms with van der Waals surface area (Å²) in [6.07, 6.45) is 3.39. The number of nitrogens with zero attached hydrogens (tertiary/aromatic N) is 2. The van der Waals surface area contributed by atoms with Crippen LogP contribution < -0.4 is 4.57 Å². The van der Waals surface area contributed by atoms with Crippen molar-refractivity contribution < 1.29 is 13.8 Å². The summed E-state index contributed by atoms with van der Waals surface area (Å²) in [5.74, 6) is -0.459. The van der Waals surface area contributed by atoms with E-state index in [4.69, 9.17) is 11.6 Å². The van der Waals surface area contributed by atoms with E-state index >= 15 is 0 Å². The van der Waals surface area contributed by atoms with E-state index in [1.165, 1.54) is 24.3 Å². The molecule has 2 aromatic carbocycles. The molecule has 0 saturated carbocycles. The van der Waals surface area contributed by atoms with Crippen LogP contribution >= 0.6 is 28.6 Å². The summed E-state index contributed by atoms with van der Waals surface area (Å²) in [5, 5.41) is 0.671. The van der Waals surface area contributed by atoms with E-state index in [2.05, 4.69) is 4.98 Å². The molecular weight excluding hydrogens is 395 g/mol. The number of ketones is 1. The van der Waals surface area contributed by atoms with E-state index in [0.717, 1.165) is 11.3 Å². The first kappa shape index (κ1) is 18.2. The van der Waals surface area contributed by atoms with Gasteiger partial charge in [-0.15, -0.1) is 17.0 Å². The number of Topliss-reactive ketones (excluding diaryl/α,β-unsaturated/α-hetero) is 1. The number of carbonyl (C=O) groups excluding carboxylic acids is 1. The Morgan fingerprint density at radius 1 is 1.04 bits per heavy atom. The molecule has 6 heteroatoms. The smallest absolute Gasteiger partial charge is 0.287 e. The maximum Gasteiger partial charge on any atom is 0.287 e. The van der Waals surface area contributed by atoms with Crippen LogP contribution in [0.15, 0.2) is 67.1 Å². The second-order valence-corrected chi connectivity index (χ2v) is 5.49. The molecule has 0 fully saturated rings. The van der Waals surface area contributed by atoms with Crippen LogP contribution in [0, 0.1) is 5.82 Å². The van der Waals surface area contributed by atoms with Crippen molar-refractivity contribution in [2.75, 3.05) is 0 Å².